The maximum atomic E-state index is 2.22. The van der Waals surface area contributed by atoms with Crippen molar-refractivity contribution in [2.24, 2.45) is 0 Å². The van der Waals surface area contributed by atoms with E-state index in [0.29, 0.717) is 4.58 Å². The van der Waals surface area contributed by atoms with E-state index < -0.39 is 0 Å². The van der Waals surface area contributed by atoms with E-state index in [-0.39, 0.29) is 0 Å². The van der Waals surface area contributed by atoms with E-state index >= 15 is 0 Å². The molecule has 0 amide bonds. The molecule has 2 heterocycles. The Kier molecular flexibility index (Phi) is 2.32. The fraction of sp³-hybridized carbons (Fsp3) is 0.0909. The predicted octanol–water partition coefficient (Wildman–Crippen LogP) is 4.64. The van der Waals surface area contributed by atoms with Crippen molar-refractivity contribution in [1.29, 1.82) is 0 Å². The van der Waals surface area contributed by atoms with Gasteiger partial charge in [0, 0.05) is 14.7 Å². The predicted molar refractivity (Wildman–Crippen MR) is 65.2 cm³/mol. The summed E-state index contributed by atoms with van der Waals surface area (Å²) in [5.41, 5.74) is 0. The fourth-order valence-electron chi connectivity index (χ4n) is 1.44. The fourth-order valence-corrected chi connectivity index (χ4v) is 5.28. The number of benzene rings is 1. The Balaban J connectivity index is 1.92. The summed E-state index contributed by atoms with van der Waals surface area (Å²) in [6.07, 6.45) is 0. The molecule has 0 unspecified atom stereocenters. The van der Waals surface area contributed by atoms with Gasteiger partial charge in [0.15, 0.2) is 0 Å². The number of thioether (sulfide) groups is 2. The van der Waals surface area contributed by atoms with E-state index in [2.05, 4.69) is 41.8 Å². The summed E-state index contributed by atoms with van der Waals surface area (Å²) in [6.45, 7) is 0. The first kappa shape index (κ1) is 8.89. The van der Waals surface area contributed by atoms with Crippen molar-refractivity contribution in [1.82, 2.24) is 0 Å². The SMILES string of the molecule is c1csc(C2Sc3ccccc3S2)c1. The molecule has 1 aromatic carbocycles. The second kappa shape index (κ2) is 3.65. The maximum Gasteiger partial charge on any atom is 0.0938 e. The summed E-state index contributed by atoms with van der Waals surface area (Å²) < 4.78 is 0.576. The van der Waals surface area contributed by atoms with Gasteiger partial charge in [-0.3, -0.25) is 0 Å². The van der Waals surface area contributed by atoms with Crippen LogP contribution in [0.2, 0.25) is 0 Å². The normalized spacial score (nSPS) is 15.7. The Labute approximate surface area is 95.7 Å². The molecule has 0 fully saturated rings. The van der Waals surface area contributed by atoms with Gasteiger partial charge in [0.2, 0.25) is 0 Å². The van der Waals surface area contributed by atoms with Crippen molar-refractivity contribution in [2.45, 2.75) is 14.4 Å². The molecule has 0 nitrogen and oxygen atoms in total. The summed E-state index contributed by atoms with van der Waals surface area (Å²) in [7, 11) is 0. The van der Waals surface area contributed by atoms with Gasteiger partial charge in [0.1, 0.15) is 0 Å². The van der Waals surface area contributed by atoms with Crippen LogP contribution in [0.1, 0.15) is 9.46 Å². The largest absolute Gasteiger partial charge is 0.147 e. The minimum Gasteiger partial charge on any atom is -0.147 e. The molecule has 14 heavy (non-hydrogen) atoms. The number of hydrogen-bond acceptors (Lipinski definition) is 3. The van der Waals surface area contributed by atoms with Crippen LogP contribution >= 0.6 is 34.9 Å². The third-order valence-corrected chi connectivity index (χ3v) is 6.19. The van der Waals surface area contributed by atoms with Gasteiger partial charge in [-0.1, -0.05) is 18.2 Å². The van der Waals surface area contributed by atoms with E-state index in [1.165, 1.54) is 14.7 Å². The molecule has 0 bridgehead atoms. The smallest absolute Gasteiger partial charge is 0.0938 e. The molecule has 0 aliphatic carbocycles. The minimum atomic E-state index is 0.576. The van der Waals surface area contributed by atoms with Gasteiger partial charge in [0.25, 0.3) is 0 Å². The van der Waals surface area contributed by atoms with Gasteiger partial charge in [-0.2, -0.15) is 0 Å². The molecule has 0 atom stereocenters. The molecule has 0 radical (unpaired) electrons. The molecule has 1 aliphatic rings. The molecule has 3 rings (SSSR count). The van der Waals surface area contributed by atoms with Crippen LogP contribution in [-0.4, -0.2) is 0 Å². The van der Waals surface area contributed by atoms with Gasteiger partial charge in [0.05, 0.1) is 4.58 Å². The highest BCUT2D eigenvalue weighted by Gasteiger charge is 2.24. The van der Waals surface area contributed by atoms with Crippen LogP contribution in [0.3, 0.4) is 0 Å². The van der Waals surface area contributed by atoms with Crippen molar-refractivity contribution < 1.29 is 0 Å². The highest BCUT2D eigenvalue weighted by atomic mass is 32.2. The average molecular weight is 236 g/mol. The summed E-state index contributed by atoms with van der Waals surface area (Å²) in [4.78, 5) is 4.32. The highest BCUT2D eigenvalue weighted by molar-refractivity contribution is 8.19. The Hall–Kier alpha value is -0.380. The maximum absolute atomic E-state index is 2.22. The molecule has 1 aliphatic heterocycles. The second-order valence-corrected chi connectivity index (χ2v) is 6.60. The van der Waals surface area contributed by atoms with Crippen LogP contribution in [0, 0.1) is 0 Å². The molecular formula is C11H8S3. The van der Waals surface area contributed by atoms with Gasteiger partial charge in [-0.15, -0.1) is 34.9 Å². The Morgan fingerprint density at radius 1 is 0.857 bits per heavy atom. The molecule has 0 spiro atoms. The number of thiophene rings is 1. The van der Waals surface area contributed by atoms with E-state index in [1.54, 1.807) is 0 Å². The summed E-state index contributed by atoms with van der Waals surface area (Å²) in [5.74, 6) is 0. The zero-order valence-electron chi connectivity index (χ0n) is 7.34. The zero-order chi connectivity index (χ0) is 9.38. The van der Waals surface area contributed by atoms with Crippen LogP contribution in [0.4, 0.5) is 0 Å². The van der Waals surface area contributed by atoms with Crippen molar-refractivity contribution in [3.8, 4) is 0 Å². The van der Waals surface area contributed by atoms with E-state index in [9.17, 15) is 0 Å². The van der Waals surface area contributed by atoms with Crippen LogP contribution in [0.5, 0.6) is 0 Å². The van der Waals surface area contributed by atoms with Gasteiger partial charge >= 0.3 is 0 Å². The first-order valence-electron chi connectivity index (χ1n) is 4.39. The van der Waals surface area contributed by atoms with Crippen molar-refractivity contribution in [3.05, 3.63) is 46.7 Å². The highest BCUT2D eigenvalue weighted by Crippen LogP contribution is 2.57. The van der Waals surface area contributed by atoms with E-state index in [0.717, 1.165) is 0 Å². The third kappa shape index (κ3) is 1.49. The second-order valence-electron chi connectivity index (χ2n) is 3.03. The lowest BCUT2D eigenvalue weighted by molar-refractivity contribution is 1.27. The van der Waals surface area contributed by atoms with Crippen LogP contribution in [0.15, 0.2) is 51.6 Å². The van der Waals surface area contributed by atoms with E-state index in [4.69, 9.17) is 0 Å². The molecule has 3 heteroatoms. The summed E-state index contributed by atoms with van der Waals surface area (Å²) >= 11 is 5.78. The molecule has 70 valence electrons. The lowest BCUT2D eigenvalue weighted by atomic mass is 10.4. The Bertz CT molecular complexity index is 409. The third-order valence-electron chi connectivity index (χ3n) is 2.09. The zero-order valence-corrected chi connectivity index (χ0v) is 9.79. The van der Waals surface area contributed by atoms with Crippen LogP contribution in [-0.2, 0) is 0 Å². The van der Waals surface area contributed by atoms with Crippen molar-refractivity contribution >= 4 is 34.9 Å². The van der Waals surface area contributed by atoms with Crippen molar-refractivity contribution in [3.63, 3.8) is 0 Å². The lowest BCUT2D eigenvalue weighted by Crippen LogP contribution is -1.75. The summed E-state index contributed by atoms with van der Waals surface area (Å²) in [6, 6.07) is 13.0. The minimum absolute atomic E-state index is 0.576. The topological polar surface area (TPSA) is 0 Å². The molecule has 0 saturated heterocycles. The Morgan fingerprint density at radius 3 is 2.14 bits per heavy atom. The molecule has 0 N–H and O–H groups in total. The monoisotopic (exact) mass is 236 g/mol. The first-order valence-corrected chi connectivity index (χ1v) is 7.03. The first-order chi connectivity index (χ1) is 6.93. The molecule has 1 aromatic heterocycles. The number of hydrogen-bond donors (Lipinski definition) is 0. The van der Waals surface area contributed by atoms with Gasteiger partial charge < -0.3 is 0 Å². The van der Waals surface area contributed by atoms with Crippen LogP contribution in [0.25, 0.3) is 0 Å². The lowest BCUT2D eigenvalue weighted by Gasteiger charge is -2.02. The molecular weight excluding hydrogens is 228 g/mol. The van der Waals surface area contributed by atoms with Gasteiger partial charge in [-0.05, 0) is 23.6 Å². The molecule has 2 aromatic rings. The Morgan fingerprint density at radius 2 is 1.57 bits per heavy atom. The summed E-state index contributed by atoms with van der Waals surface area (Å²) in [5, 5.41) is 2.15. The molecule has 0 saturated carbocycles. The van der Waals surface area contributed by atoms with Gasteiger partial charge in [-0.25, -0.2) is 0 Å². The number of fused-ring (bicyclic) bond motifs is 1. The number of rotatable bonds is 1. The quantitative estimate of drug-likeness (QED) is 0.707. The van der Waals surface area contributed by atoms with Crippen molar-refractivity contribution in [2.75, 3.05) is 0 Å². The van der Waals surface area contributed by atoms with E-state index in [1.807, 2.05) is 34.9 Å². The average Bonchev–Trinajstić information content (AvgIpc) is 2.86. The standard InChI is InChI=1S/C11H8S3/c1-2-5-9-8(4-1)13-11(14-9)10-6-3-7-12-10/h1-7,11H. The van der Waals surface area contributed by atoms with Crippen LogP contribution < -0.4 is 0 Å².